The topological polar surface area (TPSA) is 67.6 Å². The lowest BCUT2D eigenvalue weighted by molar-refractivity contribution is -0.115. The molecule has 3 N–H and O–H groups in total. The average Bonchev–Trinajstić information content (AvgIpc) is 2.57. The van der Waals surface area contributed by atoms with Gasteiger partial charge in [-0.3, -0.25) is 4.79 Å². The number of nitrogen functional groups attached to an aromatic ring is 1. The normalized spacial score (nSPS) is 16.2. The van der Waals surface area contributed by atoms with Crippen molar-refractivity contribution < 1.29 is 9.53 Å². The van der Waals surface area contributed by atoms with Crippen LogP contribution < -0.4 is 20.7 Å². The molecule has 1 heterocycles. The molecule has 126 valence electrons. The number of benzene rings is 2. The van der Waals surface area contributed by atoms with Crippen molar-refractivity contribution in [3.63, 3.8) is 0 Å². The molecule has 0 spiro atoms. The van der Waals surface area contributed by atoms with Gasteiger partial charge in [0.2, 0.25) is 5.91 Å². The summed E-state index contributed by atoms with van der Waals surface area (Å²) in [7, 11) is 0. The minimum Gasteiger partial charge on any atom is -0.486 e. The number of hydrogen-bond acceptors (Lipinski definition) is 4. The summed E-state index contributed by atoms with van der Waals surface area (Å²) in [6.45, 7) is 2.96. The Morgan fingerprint density at radius 1 is 1.33 bits per heavy atom. The van der Waals surface area contributed by atoms with Crippen LogP contribution in [0, 0.1) is 0 Å². The molecule has 1 aliphatic rings. The first-order valence-electron chi connectivity index (χ1n) is 7.91. The summed E-state index contributed by atoms with van der Waals surface area (Å²) in [5.41, 5.74) is 8.11. The molecular weight excluding hydrogens is 326 g/mol. The van der Waals surface area contributed by atoms with Gasteiger partial charge in [0.15, 0.2) is 0 Å². The van der Waals surface area contributed by atoms with Crippen molar-refractivity contribution in [3.8, 4) is 5.75 Å². The van der Waals surface area contributed by atoms with E-state index in [1.807, 2.05) is 23.1 Å². The molecule has 24 heavy (non-hydrogen) atoms. The van der Waals surface area contributed by atoms with Gasteiger partial charge in [0.1, 0.15) is 11.9 Å². The van der Waals surface area contributed by atoms with Crippen LogP contribution in [-0.2, 0) is 4.79 Å². The first kappa shape index (κ1) is 16.5. The van der Waals surface area contributed by atoms with Crippen molar-refractivity contribution in [2.45, 2.75) is 19.4 Å². The van der Waals surface area contributed by atoms with E-state index in [1.165, 1.54) is 0 Å². The number of anilines is 3. The quantitative estimate of drug-likeness (QED) is 0.832. The highest BCUT2D eigenvalue weighted by Gasteiger charge is 2.26. The Labute approximate surface area is 146 Å². The summed E-state index contributed by atoms with van der Waals surface area (Å²) in [5.74, 6) is 0.670. The lowest BCUT2D eigenvalue weighted by atomic mass is 10.1. The first-order valence-corrected chi connectivity index (χ1v) is 8.29. The second kappa shape index (κ2) is 7.01. The van der Waals surface area contributed by atoms with Crippen LogP contribution in [-0.4, -0.2) is 25.1 Å². The highest BCUT2D eigenvalue weighted by Crippen LogP contribution is 2.35. The molecule has 0 fully saturated rings. The summed E-state index contributed by atoms with van der Waals surface area (Å²) in [5, 5.41) is 3.52. The minimum atomic E-state index is -0.0950. The average molecular weight is 346 g/mol. The zero-order valence-electron chi connectivity index (χ0n) is 13.5. The van der Waals surface area contributed by atoms with Gasteiger partial charge in [0, 0.05) is 16.4 Å². The van der Waals surface area contributed by atoms with Crippen LogP contribution in [0.25, 0.3) is 0 Å². The van der Waals surface area contributed by atoms with Crippen molar-refractivity contribution in [3.05, 3.63) is 47.5 Å². The molecule has 3 rings (SSSR count). The highest BCUT2D eigenvalue weighted by molar-refractivity contribution is 6.30. The predicted octanol–water partition coefficient (Wildman–Crippen LogP) is 3.54. The number of fused-ring (bicyclic) bond motifs is 1. The standard InChI is InChI=1S/C18H20ClN3O2/c1-2-15-10-22(16-9-13(20)5-8-17(16)24-15)11-18(23)21-14-6-3-12(19)4-7-14/h3-9,15H,2,10-11,20H2,1H3,(H,21,23). The van der Waals surface area contributed by atoms with Crippen LogP contribution in [0.3, 0.4) is 0 Å². The van der Waals surface area contributed by atoms with Gasteiger partial charge in [-0.1, -0.05) is 18.5 Å². The fraction of sp³-hybridized carbons (Fsp3) is 0.278. The highest BCUT2D eigenvalue weighted by atomic mass is 35.5. The van der Waals surface area contributed by atoms with Crippen LogP contribution in [0.5, 0.6) is 5.75 Å². The van der Waals surface area contributed by atoms with E-state index in [4.69, 9.17) is 22.1 Å². The van der Waals surface area contributed by atoms with E-state index in [9.17, 15) is 4.79 Å². The maximum atomic E-state index is 12.4. The maximum Gasteiger partial charge on any atom is 0.243 e. The number of nitrogens with zero attached hydrogens (tertiary/aromatic N) is 1. The Morgan fingerprint density at radius 3 is 2.79 bits per heavy atom. The molecule has 0 saturated carbocycles. The summed E-state index contributed by atoms with van der Waals surface area (Å²) < 4.78 is 5.94. The van der Waals surface area contributed by atoms with Crippen LogP contribution in [0.4, 0.5) is 17.1 Å². The van der Waals surface area contributed by atoms with E-state index >= 15 is 0 Å². The number of nitrogens with two attached hydrogens (primary N) is 1. The molecule has 2 aromatic rings. The van der Waals surface area contributed by atoms with Gasteiger partial charge in [-0.05, 0) is 48.9 Å². The zero-order chi connectivity index (χ0) is 17.1. The SMILES string of the molecule is CCC1CN(CC(=O)Nc2ccc(Cl)cc2)c2cc(N)ccc2O1. The molecule has 2 aromatic carbocycles. The number of rotatable bonds is 4. The van der Waals surface area contributed by atoms with Gasteiger partial charge in [-0.15, -0.1) is 0 Å². The van der Waals surface area contributed by atoms with Gasteiger partial charge in [-0.2, -0.15) is 0 Å². The lowest BCUT2D eigenvalue weighted by Gasteiger charge is -2.35. The summed E-state index contributed by atoms with van der Waals surface area (Å²) in [6.07, 6.45) is 0.934. The largest absolute Gasteiger partial charge is 0.486 e. The molecule has 1 amide bonds. The fourth-order valence-electron chi connectivity index (χ4n) is 2.71. The van der Waals surface area contributed by atoms with E-state index in [0.29, 0.717) is 17.3 Å². The first-order chi connectivity index (χ1) is 11.5. The monoisotopic (exact) mass is 345 g/mol. The Balaban J connectivity index is 1.74. The predicted molar refractivity (Wildman–Crippen MR) is 97.9 cm³/mol. The van der Waals surface area contributed by atoms with Gasteiger partial charge in [0.05, 0.1) is 18.8 Å². The molecular formula is C18H20ClN3O2. The minimum absolute atomic E-state index is 0.0597. The molecule has 1 atom stereocenters. The third kappa shape index (κ3) is 3.74. The Bertz CT molecular complexity index is 734. The van der Waals surface area contributed by atoms with Crippen molar-refractivity contribution in [1.29, 1.82) is 0 Å². The fourth-order valence-corrected chi connectivity index (χ4v) is 2.84. The van der Waals surface area contributed by atoms with Crippen LogP contribution in [0.15, 0.2) is 42.5 Å². The van der Waals surface area contributed by atoms with Crippen molar-refractivity contribution in [1.82, 2.24) is 0 Å². The number of nitrogens with one attached hydrogen (secondary N) is 1. The van der Waals surface area contributed by atoms with E-state index in [0.717, 1.165) is 23.5 Å². The molecule has 6 heteroatoms. The van der Waals surface area contributed by atoms with E-state index in [2.05, 4.69) is 12.2 Å². The summed E-state index contributed by atoms with van der Waals surface area (Å²) in [6, 6.07) is 12.6. The second-order valence-corrected chi connectivity index (χ2v) is 6.25. The molecule has 0 saturated heterocycles. The summed E-state index contributed by atoms with van der Waals surface area (Å²) in [4.78, 5) is 14.4. The number of hydrogen-bond donors (Lipinski definition) is 2. The lowest BCUT2D eigenvalue weighted by Crippen LogP contribution is -2.43. The van der Waals surface area contributed by atoms with E-state index < -0.39 is 0 Å². The number of carbonyl (C=O) groups is 1. The molecule has 1 aliphatic heterocycles. The third-order valence-electron chi connectivity index (χ3n) is 3.96. The molecule has 1 unspecified atom stereocenters. The molecule has 0 bridgehead atoms. The van der Waals surface area contributed by atoms with E-state index in [-0.39, 0.29) is 18.6 Å². The van der Waals surface area contributed by atoms with Crippen molar-refractivity contribution >= 4 is 34.6 Å². The molecule has 5 nitrogen and oxygen atoms in total. The summed E-state index contributed by atoms with van der Waals surface area (Å²) >= 11 is 5.86. The van der Waals surface area contributed by atoms with Crippen molar-refractivity contribution in [2.75, 3.05) is 29.0 Å². The van der Waals surface area contributed by atoms with E-state index in [1.54, 1.807) is 24.3 Å². The van der Waals surface area contributed by atoms with Gasteiger partial charge >= 0.3 is 0 Å². The number of amides is 1. The van der Waals surface area contributed by atoms with Gasteiger partial charge in [-0.25, -0.2) is 0 Å². The Hall–Kier alpha value is -2.40. The maximum absolute atomic E-state index is 12.4. The third-order valence-corrected chi connectivity index (χ3v) is 4.21. The molecule has 0 aliphatic carbocycles. The number of carbonyl (C=O) groups excluding carboxylic acids is 1. The van der Waals surface area contributed by atoms with Crippen LogP contribution in [0.2, 0.25) is 5.02 Å². The second-order valence-electron chi connectivity index (χ2n) is 5.81. The molecule has 0 radical (unpaired) electrons. The zero-order valence-corrected chi connectivity index (χ0v) is 14.2. The Kier molecular flexibility index (Phi) is 4.81. The van der Waals surface area contributed by atoms with Crippen molar-refractivity contribution in [2.24, 2.45) is 0 Å². The van der Waals surface area contributed by atoms with Crippen LogP contribution in [0.1, 0.15) is 13.3 Å². The molecule has 0 aromatic heterocycles. The van der Waals surface area contributed by atoms with Crippen LogP contribution >= 0.6 is 11.6 Å². The number of ether oxygens (including phenoxy) is 1. The van der Waals surface area contributed by atoms with Gasteiger partial charge < -0.3 is 20.7 Å². The smallest absolute Gasteiger partial charge is 0.243 e. The van der Waals surface area contributed by atoms with Gasteiger partial charge in [0.25, 0.3) is 0 Å². The number of halogens is 1. The Morgan fingerprint density at radius 2 is 2.08 bits per heavy atom.